The normalized spacial score (nSPS) is 25.3. The molecule has 1 saturated heterocycles. The molecule has 1 fully saturated rings. The fraction of sp³-hybridized carbons (Fsp3) is 0.833. The van der Waals surface area contributed by atoms with Gasteiger partial charge in [0.25, 0.3) is 0 Å². The van der Waals surface area contributed by atoms with Crippen molar-refractivity contribution in [1.29, 1.82) is 0 Å². The number of nitrogens with one attached hydrogen (secondary N) is 1. The summed E-state index contributed by atoms with van der Waals surface area (Å²) in [5.41, 5.74) is 0. The molecule has 5 nitrogen and oxygen atoms in total. The van der Waals surface area contributed by atoms with Gasteiger partial charge in [-0.25, -0.2) is 9.59 Å². The Morgan fingerprint density at radius 3 is 2.56 bits per heavy atom. The van der Waals surface area contributed by atoms with Gasteiger partial charge < -0.3 is 10.4 Å². The summed E-state index contributed by atoms with van der Waals surface area (Å²) in [5.74, 6) is 0.400. The molecule has 0 aromatic heterocycles. The number of hydrogen-bond donors (Lipinski definition) is 2. The number of carbonyl (C=O) groups excluding carboxylic acids is 1. The summed E-state index contributed by atoms with van der Waals surface area (Å²) in [4.78, 5) is 24.5. The molecule has 6 heteroatoms. The Morgan fingerprint density at radius 1 is 1.44 bits per heavy atom. The predicted octanol–water partition coefficient (Wildman–Crippen LogP) is 1.84. The second kappa shape index (κ2) is 6.31. The van der Waals surface area contributed by atoms with E-state index in [2.05, 4.69) is 26.1 Å². The summed E-state index contributed by atoms with van der Waals surface area (Å²) in [7, 11) is 0. The van der Waals surface area contributed by atoms with Crippen LogP contribution in [-0.4, -0.2) is 45.7 Å². The lowest BCUT2D eigenvalue weighted by Crippen LogP contribution is -2.50. The third-order valence-electron chi connectivity index (χ3n) is 3.46. The lowest BCUT2D eigenvalue weighted by atomic mass is 9.98. The number of thioether (sulfide) groups is 1. The second-order valence-corrected chi connectivity index (χ2v) is 6.45. The molecule has 18 heavy (non-hydrogen) atoms. The first-order chi connectivity index (χ1) is 8.34. The topological polar surface area (TPSA) is 69.6 Å². The Morgan fingerprint density at radius 2 is 2.06 bits per heavy atom. The lowest BCUT2D eigenvalue weighted by Gasteiger charge is -2.26. The van der Waals surface area contributed by atoms with Crippen molar-refractivity contribution in [3.63, 3.8) is 0 Å². The molecule has 1 aliphatic rings. The molecule has 0 spiro atoms. The molecule has 0 saturated carbocycles. The van der Waals surface area contributed by atoms with Gasteiger partial charge in [0.1, 0.15) is 6.04 Å². The van der Waals surface area contributed by atoms with E-state index in [1.165, 1.54) is 16.7 Å². The van der Waals surface area contributed by atoms with Crippen LogP contribution in [0.2, 0.25) is 0 Å². The van der Waals surface area contributed by atoms with E-state index in [9.17, 15) is 9.59 Å². The van der Waals surface area contributed by atoms with Crippen LogP contribution in [0.1, 0.15) is 27.7 Å². The summed E-state index contributed by atoms with van der Waals surface area (Å²) < 4.78 is 0. The fourth-order valence-electron chi connectivity index (χ4n) is 1.72. The molecule has 0 radical (unpaired) electrons. The molecule has 1 heterocycles. The van der Waals surface area contributed by atoms with Crippen LogP contribution in [0.3, 0.4) is 0 Å². The van der Waals surface area contributed by atoms with E-state index in [0.29, 0.717) is 24.1 Å². The van der Waals surface area contributed by atoms with Crippen molar-refractivity contribution in [3.05, 3.63) is 0 Å². The molecule has 104 valence electrons. The number of aliphatic carboxylic acids is 1. The summed E-state index contributed by atoms with van der Waals surface area (Å²) in [6.45, 7) is 8.72. The van der Waals surface area contributed by atoms with E-state index < -0.39 is 12.0 Å². The van der Waals surface area contributed by atoms with Crippen LogP contribution in [0.15, 0.2) is 0 Å². The van der Waals surface area contributed by atoms with Crippen LogP contribution in [-0.2, 0) is 4.79 Å². The van der Waals surface area contributed by atoms with Crippen molar-refractivity contribution in [1.82, 2.24) is 10.2 Å². The standard InChI is InChI=1S/C12H22N2O3S/c1-7(2)8(3)5-13-12(17)14-9(4)18-6-10(14)11(15)16/h7-10H,5-6H2,1-4H3,(H,13,17)(H,15,16). The molecule has 0 aliphatic carbocycles. The van der Waals surface area contributed by atoms with Gasteiger partial charge in [0, 0.05) is 12.3 Å². The minimum absolute atomic E-state index is 0.0829. The van der Waals surface area contributed by atoms with E-state index in [4.69, 9.17) is 5.11 Å². The van der Waals surface area contributed by atoms with Crippen molar-refractivity contribution in [2.24, 2.45) is 11.8 Å². The third kappa shape index (κ3) is 3.54. The number of carbonyl (C=O) groups is 2. The van der Waals surface area contributed by atoms with Gasteiger partial charge in [0.2, 0.25) is 0 Å². The zero-order valence-corrected chi connectivity index (χ0v) is 12.2. The summed E-state index contributed by atoms with van der Waals surface area (Å²) in [6, 6.07) is -0.980. The first kappa shape index (κ1) is 15.1. The minimum Gasteiger partial charge on any atom is -0.480 e. The van der Waals surface area contributed by atoms with Gasteiger partial charge in [0.15, 0.2) is 0 Å². The summed E-state index contributed by atoms with van der Waals surface area (Å²) in [5, 5.41) is 11.8. The van der Waals surface area contributed by atoms with Gasteiger partial charge >= 0.3 is 12.0 Å². The maximum atomic E-state index is 12.0. The predicted molar refractivity (Wildman–Crippen MR) is 72.6 cm³/mol. The Labute approximate surface area is 112 Å². The maximum absolute atomic E-state index is 12.0. The fourth-order valence-corrected chi connectivity index (χ4v) is 2.88. The molecular weight excluding hydrogens is 252 g/mol. The molecule has 3 atom stereocenters. The Hall–Kier alpha value is -0.910. The smallest absolute Gasteiger partial charge is 0.327 e. The van der Waals surface area contributed by atoms with Crippen molar-refractivity contribution in [3.8, 4) is 0 Å². The van der Waals surface area contributed by atoms with Gasteiger partial charge in [-0.05, 0) is 18.8 Å². The molecule has 0 bridgehead atoms. The van der Waals surface area contributed by atoms with E-state index in [1.54, 1.807) is 0 Å². The van der Waals surface area contributed by atoms with Crippen LogP contribution >= 0.6 is 11.8 Å². The van der Waals surface area contributed by atoms with E-state index in [1.807, 2.05) is 6.92 Å². The average Bonchev–Trinajstić information content (AvgIpc) is 2.67. The third-order valence-corrected chi connectivity index (χ3v) is 4.67. The van der Waals surface area contributed by atoms with Crippen LogP contribution in [0.4, 0.5) is 4.79 Å². The molecule has 2 N–H and O–H groups in total. The average molecular weight is 274 g/mol. The lowest BCUT2D eigenvalue weighted by molar-refractivity contribution is -0.141. The van der Waals surface area contributed by atoms with Crippen LogP contribution in [0, 0.1) is 11.8 Å². The quantitative estimate of drug-likeness (QED) is 0.820. The van der Waals surface area contributed by atoms with Gasteiger partial charge in [-0.15, -0.1) is 11.8 Å². The highest BCUT2D eigenvalue weighted by molar-refractivity contribution is 8.00. The number of carboxylic acids is 1. The van der Waals surface area contributed by atoms with Gasteiger partial charge in [-0.1, -0.05) is 20.8 Å². The van der Waals surface area contributed by atoms with E-state index >= 15 is 0 Å². The van der Waals surface area contributed by atoms with E-state index in [0.717, 1.165) is 0 Å². The van der Waals surface area contributed by atoms with Crippen LogP contribution in [0.25, 0.3) is 0 Å². The Kier molecular flexibility index (Phi) is 5.31. The zero-order chi connectivity index (χ0) is 13.9. The summed E-state index contributed by atoms with van der Waals surface area (Å²) in [6.07, 6.45) is 0. The maximum Gasteiger partial charge on any atom is 0.327 e. The first-order valence-electron chi connectivity index (χ1n) is 6.25. The van der Waals surface area contributed by atoms with Crippen LogP contribution < -0.4 is 5.32 Å². The summed E-state index contributed by atoms with van der Waals surface area (Å²) >= 11 is 1.49. The number of amides is 2. The molecule has 3 unspecified atom stereocenters. The largest absolute Gasteiger partial charge is 0.480 e. The minimum atomic E-state index is -0.932. The highest BCUT2D eigenvalue weighted by Gasteiger charge is 2.39. The van der Waals surface area contributed by atoms with Crippen LogP contribution in [0.5, 0.6) is 0 Å². The zero-order valence-electron chi connectivity index (χ0n) is 11.3. The highest BCUT2D eigenvalue weighted by atomic mass is 32.2. The molecule has 0 aromatic rings. The van der Waals surface area contributed by atoms with Crippen molar-refractivity contribution in [2.75, 3.05) is 12.3 Å². The molecule has 1 rings (SSSR count). The molecular formula is C12H22N2O3S. The molecule has 1 aliphatic heterocycles. The van der Waals surface area contributed by atoms with Gasteiger partial charge in [0.05, 0.1) is 5.37 Å². The molecule has 2 amide bonds. The number of hydrogen-bond acceptors (Lipinski definition) is 3. The van der Waals surface area contributed by atoms with Crippen molar-refractivity contribution < 1.29 is 14.7 Å². The second-order valence-electron chi connectivity index (χ2n) is 5.10. The highest BCUT2D eigenvalue weighted by Crippen LogP contribution is 2.28. The van der Waals surface area contributed by atoms with E-state index in [-0.39, 0.29) is 11.4 Å². The Bertz CT molecular complexity index is 322. The molecule has 0 aromatic carbocycles. The van der Waals surface area contributed by atoms with Crippen molar-refractivity contribution >= 4 is 23.8 Å². The van der Waals surface area contributed by atoms with Crippen molar-refractivity contribution in [2.45, 2.75) is 39.1 Å². The van der Waals surface area contributed by atoms with Gasteiger partial charge in [-0.2, -0.15) is 0 Å². The number of urea groups is 1. The Balaban J connectivity index is 2.56. The number of nitrogens with zero attached hydrogens (tertiary/aromatic N) is 1. The monoisotopic (exact) mass is 274 g/mol. The van der Waals surface area contributed by atoms with Gasteiger partial charge in [-0.3, -0.25) is 4.90 Å². The number of rotatable bonds is 4. The number of carboxylic acid groups (broad SMARTS) is 1. The first-order valence-corrected chi connectivity index (χ1v) is 7.30. The SMILES string of the molecule is CC(C)C(C)CNC(=O)N1C(C)SCC1C(=O)O.